The summed E-state index contributed by atoms with van der Waals surface area (Å²) in [6.45, 7) is -1.56. The molecule has 0 bridgehead atoms. The van der Waals surface area contributed by atoms with Crippen molar-refractivity contribution >= 4 is 56.5 Å². The van der Waals surface area contributed by atoms with Gasteiger partial charge in [-0.3, -0.25) is 19.7 Å². The predicted octanol–water partition coefficient (Wildman–Crippen LogP) is 2.37. The molecule has 0 unspecified atom stereocenters. The number of halogens is 2. The van der Waals surface area contributed by atoms with Crippen molar-refractivity contribution in [1.29, 1.82) is 0 Å². The number of carbonyl (C=O) groups is 2. The number of nitrogens with zero attached hydrogens (tertiary/aromatic N) is 1. The van der Waals surface area contributed by atoms with E-state index in [1.807, 2.05) is 4.72 Å². The van der Waals surface area contributed by atoms with Gasteiger partial charge in [0.1, 0.15) is 18.0 Å². The normalized spacial score (nSPS) is 10.9. The van der Waals surface area contributed by atoms with E-state index in [2.05, 4.69) is 10.1 Å². The molecule has 2 rings (SSSR count). The lowest BCUT2D eigenvalue weighted by Gasteiger charge is -2.09. The molecule has 0 atom stereocenters. The van der Waals surface area contributed by atoms with Gasteiger partial charge >= 0.3 is 5.97 Å². The van der Waals surface area contributed by atoms with Crippen LogP contribution in [0, 0.1) is 10.1 Å². The van der Waals surface area contributed by atoms with Crippen molar-refractivity contribution in [2.45, 2.75) is 4.90 Å². The molecule has 0 aliphatic heterocycles. The third-order valence-corrected chi connectivity index (χ3v) is 5.79. The first kappa shape index (κ1) is 24.3. The van der Waals surface area contributed by atoms with Crippen LogP contribution >= 0.6 is 23.2 Å². The molecule has 0 saturated heterocycles. The van der Waals surface area contributed by atoms with Crippen molar-refractivity contribution < 1.29 is 32.4 Å². The molecule has 2 N–H and O–H groups in total. The quantitative estimate of drug-likeness (QED) is 0.307. The Kier molecular flexibility index (Phi) is 8.16. The van der Waals surface area contributed by atoms with Crippen LogP contribution in [-0.2, 0) is 24.3 Å². The average molecular weight is 492 g/mol. The topological polar surface area (TPSA) is 154 Å². The highest BCUT2D eigenvalue weighted by Gasteiger charge is 2.20. The van der Waals surface area contributed by atoms with Crippen molar-refractivity contribution in [2.24, 2.45) is 0 Å². The van der Waals surface area contributed by atoms with E-state index >= 15 is 0 Å². The van der Waals surface area contributed by atoms with Crippen LogP contribution < -0.4 is 14.8 Å². The van der Waals surface area contributed by atoms with Crippen LogP contribution in [0.2, 0.25) is 10.0 Å². The molecule has 0 spiro atoms. The number of amides is 1. The molecule has 31 heavy (non-hydrogen) atoms. The molecule has 2 aromatic carbocycles. The number of nitrogens with one attached hydrogen (secondary N) is 2. The second kappa shape index (κ2) is 10.4. The Bertz CT molecular complexity index is 1120. The number of rotatable bonds is 9. The van der Waals surface area contributed by atoms with Crippen LogP contribution in [0.5, 0.6) is 5.75 Å². The summed E-state index contributed by atoms with van der Waals surface area (Å²) in [6, 6.07) is 7.33. The maximum atomic E-state index is 12.2. The number of anilines is 1. The molecular weight excluding hydrogens is 477 g/mol. The SMILES string of the molecule is COc1ccc(NC(=O)COC(=O)CNS(=O)(=O)c2ccc(Cl)c(Cl)c2)c([N+](=O)[O-])c1. The van der Waals surface area contributed by atoms with Gasteiger partial charge in [-0.05, 0) is 30.3 Å². The molecule has 0 saturated carbocycles. The van der Waals surface area contributed by atoms with Crippen LogP contribution in [0.3, 0.4) is 0 Å². The summed E-state index contributed by atoms with van der Waals surface area (Å²) in [6.07, 6.45) is 0. The minimum absolute atomic E-state index is 0.0106. The maximum absolute atomic E-state index is 12.2. The number of nitro groups is 1. The number of benzene rings is 2. The third-order valence-electron chi connectivity index (χ3n) is 3.65. The molecule has 0 aliphatic rings. The molecule has 2 aromatic rings. The zero-order valence-electron chi connectivity index (χ0n) is 15.8. The highest BCUT2D eigenvalue weighted by Crippen LogP contribution is 2.29. The molecule has 1 amide bonds. The van der Waals surface area contributed by atoms with Crippen LogP contribution in [-0.4, -0.2) is 45.5 Å². The van der Waals surface area contributed by atoms with Crippen molar-refractivity contribution in [2.75, 3.05) is 25.6 Å². The predicted molar refractivity (Wildman–Crippen MR) is 111 cm³/mol. The van der Waals surface area contributed by atoms with E-state index in [-0.39, 0.29) is 26.4 Å². The van der Waals surface area contributed by atoms with Crippen molar-refractivity contribution in [3.8, 4) is 5.75 Å². The Labute approximate surface area is 186 Å². The van der Waals surface area contributed by atoms with E-state index in [9.17, 15) is 28.1 Å². The summed E-state index contributed by atoms with van der Waals surface area (Å²) in [5.41, 5.74) is -0.555. The molecule has 166 valence electrons. The van der Waals surface area contributed by atoms with E-state index in [1.54, 1.807) is 0 Å². The summed E-state index contributed by atoms with van der Waals surface area (Å²) in [5, 5.41) is 13.5. The monoisotopic (exact) mass is 491 g/mol. The van der Waals surface area contributed by atoms with Crippen LogP contribution in [0.1, 0.15) is 0 Å². The number of hydrogen-bond acceptors (Lipinski definition) is 8. The van der Waals surface area contributed by atoms with Gasteiger partial charge in [0.25, 0.3) is 11.6 Å². The van der Waals surface area contributed by atoms with E-state index in [0.29, 0.717) is 0 Å². The van der Waals surface area contributed by atoms with Crippen LogP contribution in [0.25, 0.3) is 0 Å². The summed E-state index contributed by atoms with van der Waals surface area (Å²) < 4.78 is 35.9. The first-order valence-corrected chi connectivity index (χ1v) is 10.5. The van der Waals surface area contributed by atoms with Gasteiger partial charge in [0, 0.05) is 0 Å². The van der Waals surface area contributed by atoms with Gasteiger partial charge in [-0.15, -0.1) is 0 Å². The fourth-order valence-corrected chi connectivity index (χ4v) is 3.52. The van der Waals surface area contributed by atoms with Crippen LogP contribution in [0.4, 0.5) is 11.4 Å². The lowest BCUT2D eigenvalue weighted by atomic mass is 10.2. The van der Waals surface area contributed by atoms with Gasteiger partial charge in [0.05, 0.1) is 33.0 Å². The van der Waals surface area contributed by atoms with Gasteiger partial charge < -0.3 is 14.8 Å². The van der Waals surface area contributed by atoms with Gasteiger partial charge in [-0.2, -0.15) is 4.72 Å². The van der Waals surface area contributed by atoms with E-state index < -0.39 is 45.7 Å². The number of nitro benzene ring substituents is 1. The Hall–Kier alpha value is -2.93. The lowest BCUT2D eigenvalue weighted by molar-refractivity contribution is -0.384. The second-order valence-corrected chi connectivity index (χ2v) is 8.33. The minimum atomic E-state index is -4.08. The van der Waals surface area contributed by atoms with E-state index in [4.69, 9.17) is 27.9 Å². The average Bonchev–Trinajstić information content (AvgIpc) is 2.72. The fraction of sp³-hybridized carbons (Fsp3) is 0.176. The summed E-state index contributed by atoms with van der Waals surface area (Å²) in [5.74, 6) is -1.71. The van der Waals surface area contributed by atoms with Gasteiger partial charge in [0.2, 0.25) is 10.0 Å². The molecule has 0 radical (unpaired) electrons. The number of carbonyl (C=O) groups excluding carboxylic acids is 2. The first-order valence-electron chi connectivity index (χ1n) is 8.26. The fourth-order valence-electron chi connectivity index (χ4n) is 2.16. The van der Waals surface area contributed by atoms with E-state index in [1.165, 1.54) is 31.4 Å². The zero-order valence-corrected chi connectivity index (χ0v) is 18.1. The highest BCUT2D eigenvalue weighted by atomic mass is 35.5. The number of esters is 1. The molecule has 0 heterocycles. The van der Waals surface area contributed by atoms with Crippen molar-refractivity contribution in [3.63, 3.8) is 0 Å². The largest absolute Gasteiger partial charge is 0.496 e. The van der Waals surface area contributed by atoms with Crippen molar-refractivity contribution in [3.05, 3.63) is 56.6 Å². The molecule has 0 aromatic heterocycles. The van der Waals surface area contributed by atoms with Crippen LogP contribution in [0.15, 0.2) is 41.3 Å². The molecule has 14 heteroatoms. The Morgan fingerprint density at radius 1 is 1.13 bits per heavy atom. The summed E-state index contributed by atoms with van der Waals surface area (Å²) in [4.78, 5) is 33.8. The summed E-state index contributed by atoms with van der Waals surface area (Å²) in [7, 11) is -2.76. The Morgan fingerprint density at radius 3 is 2.45 bits per heavy atom. The number of hydrogen-bond donors (Lipinski definition) is 2. The lowest BCUT2D eigenvalue weighted by Crippen LogP contribution is -2.32. The van der Waals surface area contributed by atoms with Crippen molar-refractivity contribution in [1.82, 2.24) is 4.72 Å². The molecule has 0 fully saturated rings. The maximum Gasteiger partial charge on any atom is 0.321 e. The number of ether oxygens (including phenoxy) is 2. The Balaban J connectivity index is 1.90. The molecule has 0 aliphatic carbocycles. The highest BCUT2D eigenvalue weighted by molar-refractivity contribution is 7.89. The Morgan fingerprint density at radius 2 is 1.84 bits per heavy atom. The third kappa shape index (κ3) is 6.79. The minimum Gasteiger partial charge on any atom is -0.496 e. The summed E-state index contributed by atoms with van der Waals surface area (Å²) >= 11 is 11.5. The zero-order chi connectivity index (χ0) is 23.2. The number of sulfonamides is 1. The van der Waals surface area contributed by atoms with Gasteiger partial charge in [-0.1, -0.05) is 23.2 Å². The molecular formula is C17H15Cl2N3O8S. The first-order chi connectivity index (χ1) is 14.5. The van der Waals surface area contributed by atoms with E-state index in [0.717, 1.165) is 12.1 Å². The number of methoxy groups -OCH3 is 1. The second-order valence-electron chi connectivity index (χ2n) is 5.75. The smallest absolute Gasteiger partial charge is 0.321 e. The molecule has 11 nitrogen and oxygen atoms in total. The standard InChI is InChI=1S/C17H15Cl2N3O8S/c1-29-10-2-5-14(15(6-10)22(25)26)21-16(23)9-30-17(24)8-20-31(27,28)11-3-4-12(18)13(19)7-11/h2-7,20H,8-9H2,1H3,(H,21,23). The van der Waals surface area contributed by atoms with Gasteiger partial charge in [0.15, 0.2) is 6.61 Å². The van der Waals surface area contributed by atoms with Gasteiger partial charge in [-0.25, -0.2) is 8.42 Å².